The lowest BCUT2D eigenvalue weighted by atomic mass is 9.95. The molecule has 1 aliphatic heterocycles. The third-order valence-electron chi connectivity index (χ3n) is 6.80. The standard InChI is InChI=1S/C34H34N2O6S/c1-5-39-27-17-16-25(20-28(27)40-6-2)31-30(33(38)41-7-3)22(4)35-34-36(31)32(37)29(43-34)19-24-14-11-15-26(18-24)42-21-23-12-9-8-10-13-23/h8-20,31H,5-7,21H2,1-4H3. The van der Waals surface area contributed by atoms with Crippen LogP contribution >= 0.6 is 11.3 Å². The van der Waals surface area contributed by atoms with E-state index < -0.39 is 12.0 Å². The normalized spacial score (nSPS) is 14.6. The van der Waals surface area contributed by atoms with Gasteiger partial charge in [-0.05, 0) is 74.7 Å². The van der Waals surface area contributed by atoms with Crippen molar-refractivity contribution in [1.82, 2.24) is 4.57 Å². The van der Waals surface area contributed by atoms with Gasteiger partial charge in [0.15, 0.2) is 16.3 Å². The van der Waals surface area contributed by atoms with Crippen LogP contribution in [0.25, 0.3) is 6.08 Å². The molecule has 0 amide bonds. The summed E-state index contributed by atoms with van der Waals surface area (Å²) in [6.07, 6.45) is 1.82. The molecule has 0 bridgehead atoms. The summed E-state index contributed by atoms with van der Waals surface area (Å²) in [7, 11) is 0. The van der Waals surface area contributed by atoms with Gasteiger partial charge in [-0.25, -0.2) is 9.79 Å². The fraction of sp³-hybridized carbons (Fsp3) is 0.265. The molecular weight excluding hydrogens is 564 g/mol. The smallest absolute Gasteiger partial charge is 0.338 e. The zero-order chi connectivity index (χ0) is 30.3. The van der Waals surface area contributed by atoms with E-state index in [0.717, 1.165) is 11.1 Å². The van der Waals surface area contributed by atoms with Gasteiger partial charge in [0, 0.05) is 0 Å². The summed E-state index contributed by atoms with van der Waals surface area (Å²) in [6.45, 7) is 8.85. The Hall–Kier alpha value is -4.63. The Balaban J connectivity index is 1.58. The second kappa shape index (κ2) is 13.6. The lowest BCUT2D eigenvalue weighted by molar-refractivity contribution is -0.139. The zero-order valence-corrected chi connectivity index (χ0v) is 25.5. The van der Waals surface area contributed by atoms with Crippen LogP contribution in [0, 0.1) is 0 Å². The number of aromatic nitrogens is 1. The van der Waals surface area contributed by atoms with Crippen LogP contribution in [0.4, 0.5) is 0 Å². The minimum absolute atomic E-state index is 0.197. The Kier molecular flexibility index (Phi) is 9.41. The molecule has 0 fully saturated rings. The fourth-order valence-electron chi connectivity index (χ4n) is 4.93. The van der Waals surface area contributed by atoms with Crippen LogP contribution in [0.3, 0.4) is 0 Å². The third-order valence-corrected chi connectivity index (χ3v) is 7.79. The highest BCUT2D eigenvalue weighted by Crippen LogP contribution is 2.36. The Morgan fingerprint density at radius 3 is 2.42 bits per heavy atom. The highest BCUT2D eigenvalue weighted by molar-refractivity contribution is 7.07. The summed E-state index contributed by atoms with van der Waals surface area (Å²) < 4.78 is 25.1. The van der Waals surface area contributed by atoms with Crippen LogP contribution < -0.4 is 29.1 Å². The summed E-state index contributed by atoms with van der Waals surface area (Å²) in [5, 5.41) is 0. The molecule has 1 unspecified atom stereocenters. The number of thiazole rings is 1. The van der Waals surface area contributed by atoms with E-state index in [0.29, 0.717) is 63.2 Å². The van der Waals surface area contributed by atoms with E-state index in [1.165, 1.54) is 11.3 Å². The molecule has 0 radical (unpaired) electrons. The first-order valence-electron chi connectivity index (χ1n) is 14.3. The number of hydrogen-bond donors (Lipinski definition) is 0. The van der Waals surface area contributed by atoms with Crippen molar-refractivity contribution in [2.75, 3.05) is 19.8 Å². The van der Waals surface area contributed by atoms with E-state index in [4.69, 9.17) is 18.9 Å². The molecule has 0 spiro atoms. The molecule has 3 aromatic carbocycles. The number of allylic oxidation sites excluding steroid dienone is 1. The highest BCUT2D eigenvalue weighted by Gasteiger charge is 2.34. The van der Waals surface area contributed by atoms with Crippen molar-refractivity contribution in [3.05, 3.63) is 120 Å². The topological polar surface area (TPSA) is 88.4 Å². The molecule has 222 valence electrons. The van der Waals surface area contributed by atoms with Crippen LogP contribution in [0.15, 0.2) is 93.9 Å². The molecule has 0 aliphatic carbocycles. The van der Waals surface area contributed by atoms with Gasteiger partial charge in [-0.1, -0.05) is 59.9 Å². The highest BCUT2D eigenvalue weighted by atomic mass is 32.1. The fourth-order valence-corrected chi connectivity index (χ4v) is 5.98. The predicted molar refractivity (Wildman–Crippen MR) is 166 cm³/mol. The molecule has 5 rings (SSSR count). The summed E-state index contributed by atoms with van der Waals surface area (Å²) in [6, 6.07) is 22.2. The molecule has 8 nitrogen and oxygen atoms in total. The number of benzene rings is 3. The van der Waals surface area contributed by atoms with Crippen molar-refractivity contribution in [3.8, 4) is 17.2 Å². The van der Waals surface area contributed by atoms with Crippen molar-refractivity contribution >= 4 is 23.4 Å². The van der Waals surface area contributed by atoms with Crippen LogP contribution in [0.1, 0.15) is 50.4 Å². The van der Waals surface area contributed by atoms with E-state index in [-0.39, 0.29) is 12.2 Å². The Morgan fingerprint density at radius 1 is 0.907 bits per heavy atom. The van der Waals surface area contributed by atoms with Gasteiger partial charge in [0.25, 0.3) is 5.56 Å². The van der Waals surface area contributed by atoms with Gasteiger partial charge >= 0.3 is 5.97 Å². The number of carbonyl (C=O) groups is 1. The first kappa shape index (κ1) is 29.8. The zero-order valence-electron chi connectivity index (χ0n) is 24.7. The van der Waals surface area contributed by atoms with Crippen LogP contribution in [0.5, 0.6) is 17.2 Å². The Labute approximate surface area is 254 Å². The molecule has 4 aromatic rings. The van der Waals surface area contributed by atoms with E-state index >= 15 is 0 Å². The third kappa shape index (κ3) is 6.57. The quantitative estimate of drug-likeness (QED) is 0.221. The monoisotopic (exact) mass is 598 g/mol. The number of carbonyl (C=O) groups excluding carboxylic acids is 1. The largest absolute Gasteiger partial charge is 0.490 e. The van der Waals surface area contributed by atoms with Crippen molar-refractivity contribution in [2.24, 2.45) is 4.99 Å². The maximum absolute atomic E-state index is 14.0. The molecule has 43 heavy (non-hydrogen) atoms. The van der Waals surface area contributed by atoms with Gasteiger partial charge in [-0.15, -0.1) is 0 Å². The second-order valence-corrected chi connectivity index (χ2v) is 10.7. The number of hydrogen-bond acceptors (Lipinski definition) is 8. The van der Waals surface area contributed by atoms with Gasteiger partial charge in [0.2, 0.25) is 0 Å². The number of nitrogens with zero attached hydrogens (tertiary/aromatic N) is 2. The van der Waals surface area contributed by atoms with E-state index in [9.17, 15) is 9.59 Å². The molecule has 2 heterocycles. The maximum Gasteiger partial charge on any atom is 0.338 e. The second-order valence-electron chi connectivity index (χ2n) is 9.72. The maximum atomic E-state index is 14.0. The lowest BCUT2D eigenvalue weighted by Gasteiger charge is -2.25. The van der Waals surface area contributed by atoms with E-state index in [1.54, 1.807) is 24.5 Å². The van der Waals surface area contributed by atoms with E-state index in [2.05, 4.69) is 4.99 Å². The van der Waals surface area contributed by atoms with Crippen molar-refractivity contribution in [1.29, 1.82) is 0 Å². The van der Waals surface area contributed by atoms with Crippen LogP contribution in [0.2, 0.25) is 0 Å². The Morgan fingerprint density at radius 2 is 1.67 bits per heavy atom. The van der Waals surface area contributed by atoms with E-state index in [1.807, 2.05) is 86.7 Å². The minimum atomic E-state index is -0.757. The summed E-state index contributed by atoms with van der Waals surface area (Å²) in [4.78, 5) is 32.5. The van der Waals surface area contributed by atoms with Gasteiger partial charge in [0.1, 0.15) is 12.4 Å². The van der Waals surface area contributed by atoms with Crippen molar-refractivity contribution in [3.63, 3.8) is 0 Å². The molecule has 0 saturated heterocycles. The number of ether oxygens (including phenoxy) is 4. The predicted octanol–water partition coefficient (Wildman–Crippen LogP) is 5.17. The number of rotatable bonds is 11. The van der Waals surface area contributed by atoms with Gasteiger partial charge < -0.3 is 18.9 Å². The summed E-state index contributed by atoms with van der Waals surface area (Å²) in [5.41, 5.74) is 3.12. The average Bonchev–Trinajstić information content (AvgIpc) is 3.31. The van der Waals surface area contributed by atoms with Crippen LogP contribution in [-0.4, -0.2) is 30.4 Å². The Bertz CT molecular complexity index is 1820. The van der Waals surface area contributed by atoms with Crippen LogP contribution in [-0.2, 0) is 16.1 Å². The van der Waals surface area contributed by atoms with Gasteiger partial charge in [-0.2, -0.15) is 0 Å². The first-order valence-corrected chi connectivity index (χ1v) is 15.1. The summed E-state index contributed by atoms with van der Waals surface area (Å²) >= 11 is 1.27. The summed E-state index contributed by atoms with van der Waals surface area (Å²) in [5.74, 6) is 1.31. The van der Waals surface area contributed by atoms with Gasteiger partial charge in [-0.3, -0.25) is 9.36 Å². The molecule has 1 aromatic heterocycles. The molecule has 1 aliphatic rings. The molecule has 0 saturated carbocycles. The minimum Gasteiger partial charge on any atom is -0.490 e. The molecule has 9 heteroatoms. The molecule has 0 N–H and O–H groups in total. The molecule has 1 atom stereocenters. The first-order chi connectivity index (χ1) is 20.9. The lowest BCUT2D eigenvalue weighted by Crippen LogP contribution is -2.40. The van der Waals surface area contributed by atoms with Crippen molar-refractivity contribution < 1.29 is 23.7 Å². The number of fused-ring (bicyclic) bond motifs is 1. The molecular formula is C34H34N2O6S. The average molecular weight is 599 g/mol. The van der Waals surface area contributed by atoms with Gasteiger partial charge in [0.05, 0.1) is 41.7 Å². The SMILES string of the molecule is CCOC(=O)C1=C(C)N=c2sc(=Cc3cccc(OCc4ccccc4)c3)c(=O)n2C1c1ccc(OCC)c(OCC)c1. The number of esters is 1. The van der Waals surface area contributed by atoms with Crippen molar-refractivity contribution in [2.45, 2.75) is 40.3 Å².